The van der Waals surface area contributed by atoms with Gasteiger partial charge in [-0.3, -0.25) is 9.78 Å². The lowest BCUT2D eigenvalue weighted by molar-refractivity contribution is 0.0301. The zero-order valence-electron chi connectivity index (χ0n) is 20.4. The van der Waals surface area contributed by atoms with Crippen molar-refractivity contribution in [3.8, 4) is 16.2 Å². The molecule has 36 heavy (non-hydrogen) atoms. The summed E-state index contributed by atoms with van der Waals surface area (Å²) >= 11 is 1.57. The van der Waals surface area contributed by atoms with E-state index in [2.05, 4.69) is 33.3 Å². The first-order chi connectivity index (χ1) is 17.4. The van der Waals surface area contributed by atoms with E-state index in [4.69, 9.17) is 15.2 Å². The zero-order chi connectivity index (χ0) is 25.2. The summed E-state index contributed by atoms with van der Waals surface area (Å²) in [7, 11) is 1.57. The first kappa shape index (κ1) is 24.0. The molecule has 1 amide bonds. The molecule has 1 aliphatic heterocycles. The van der Waals surface area contributed by atoms with Crippen LogP contribution in [0.5, 0.6) is 5.75 Å². The van der Waals surface area contributed by atoms with Crippen LogP contribution in [-0.4, -0.2) is 59.2 Å². The number of nitrogens with zero attached hydrogens (tertiary/aromatic N) is 4. The molecule has 0 bridgehead atoms. The van der Waals surface area contributed by atoms with Crippen molar-refractivity contribution in [1.82, 2.24) is 19.9 Å². The third-order valence-electron chi connectivity index (χ3n) is 6.21. The number of hydrogen-bond donors (Lipinski definition) is 2. The standard InChI is InChI=1S/C26H28N6O3S/c1-15(17-8-18(10-19(27)9-17)24-13-28-14-36-24)29-25-20-12-23(34-3)21(11-22(20)30-16(2)31-25)26(33)32-4-6-35-7-5-32/h8-15H,4-7,27H2,1-3H3,(H,29,30,31)/t15-/m1/s1. The van der Waals surface area contributed by atoms with Gasteiger partial charge in [-0.1, -0.05) is 0 Å². The minimum Gasteiger partial charge on any atom is -0.496 e. The molecule has 3 heterocycles. The van der Waals surface area contributed by atoms with Crippen molar-refractivity contribution in [2.45, 2.75) is 19.9 Å². The van der Waals surface area contributed by atoms with E-state index in [1.165, 1.54) is 0 Å². The van der Waals surface area contributed by atoms with Crippen molar-refractivity contribution in [1.29, 1.82) is 0 Å². The summed E-state index contributed by atoms with van der Waals surface area (Å²) in [5, 5.41) is 4.29. The molecule has 9 nitrogen and oxygen atoms in total. The highest BCUT2D eigenvalue weighted by molar-refractivity contribution is 7.13. The first-order valence-electron chi connectivity index (χ1n) is 11.7. The topological polar surface area (TPSA) is 115 Å². The summed E-state index contributed by atoms with van der Waals surface area (Å²) in [6, 6.07) is 9.54. The number of thiazole rings is 1. The molecular weight excluding hydrogens is 476 g/mol. The van der Waals surface area contributed by atoms with Crippen molar-refractivity contribution in [3.63, 3.8) is 0 Å². The van der Waals surface area contributed by atoms with Crippen LogP contribution in [0.15, 0.2) is 42.0 Å². The molecule has 0 unspecified atom stereocenters. The van der Waals surface area contributed by atoms with Crippen LogP contribution in [0.1, 0.15) is 34.7 Å². The number of morpholine rings is 1. The Kier molecular flexibility index (Phi) is 6.71. The van der Waals surface area contributed by atoms with E-state index in [1.807, 2.05) is 31.3 Å². The molecule has 10 heteroatoms. The Morgan fingerprint density at radius 2 is 2.00 bits per heavy atom. The van der Waals surface area contributed by atoms with Crippen LogP contribution in [0.25, 0.3) is 21.3 Å². The largest absolute Gasteiger partial charge is 0.496 e. The highest BCUT2D eigenvalue weighted by Crippen LogP contribution is 2.33. The summed E-state index contributed by atoms with van der Waals surface area (Å²) in [4.78, 5) is 29.5. The number of fused-ring (bicyclic) bond motifs is 1. The maximum absolute atomic E-state index is 13.2. The molecule has 0 saturated carbocycles. The maximum Gasteiger partial charge on any atom is 0.257 e. The lowest BCUT2D eigenvalue weighted by atomic mass is 10.0. The molecule has 0 radical (unpaired) electrons. The fourth-order valence-corrected chi connectivity index (χ4v) is 4.98. The molecule has 2 aromatic carbocycles. The van der Waals surface area contributed by atoms with Gasteiger partial charge in [0.15, 0.2) is 0 Å². The highest BCUT2D eigenvalue weighted by atomic mass is 32.1. The third-order valence-corrected chi connectivity index (χ3v) is 7.03. The Labute approximate surface area is 213 Å². The quantitative estimate of drug-likeness (QED) is 0.374. The second-order valence-corrected chi connectivity index (χ2v) is 9.60. The smallest absolute Gasteiger partial charge is 0.257 e. The molecule has 2 aromatic heterocycles. The van der Waals surface area contributed by atoms with Gasteiger partial charge in [-0.05, 0) is 55.3 Å². The SMILES string of the molecule is COc1cc2c(N[C@H](C)c3cc(N)cc(-c4cncs4)c3)nc(C)nc2cc1C(=O)N1CCOCC1. The number of aryl methyl sites for hydroxylation is 1. The molecule has 3 N–H and O–H groups in total. The predicted octanol–water partition coefficient (Wildman–Crippen LogP) is 4.30. The average molecular weight is 505 g/mol. The second kappa shape index (κ2) is 10.1. The Bertz CT molecular complexity index is 1400. The minimum absolute atomic E-state index is 0.0912. The minimum atomic E-state index is -0.0988. The van der Waals surface area contributed by atoms with E-state index < -0.39 is 0 Å². The molecule has 5 rings (SSSR count). The lowest BCUT2D eigenvalue weighted by Gasteiger charge is -2.27. The molecule has 1 aliphatic rings. The summed E-state index contributed by atoms with van der Waals surface area (Å²) in [6.07, 6.45) is 1.84. The van der Waals surface area contributed by atoms with E-state index in [0.717, 1.165) is 21.4 Å². The van der Waals surface area contributed by atoms with Crippen LogP contribution >= 0.6 is 11.3 Å². The summed E-state index contributed by atoms with van der Waals surface area (Å²) in [5.41, 5.74) is 11.9. The Balaban J connectivity index is 1.50. The first-order valence-corrected chi connectivity index (χ1v) is 12.6. The van der Waals surface area contributed by atoms with Crippen molar-refractivity contribution >= 4 is 39.7 Å². The number of hydrogen-bond acceptors (Lipinski definition) is 9. The van der Waals surface area contributed by atoms with Crippen LogP contribution < -0.4 is 15.8 Å². The van der Waals surface area contributed by atoms with Gasteiger partial charge in [0.1, 0.15) is 17.4 Å². The van der Waals surface area contributed by atoms with Gasteiger partial charge < -0.3 is 25.4 Å². The normalized spacial score (nSPS) is 14.6. The molecule has 1 saturated heterocycles. The van der Waals surface area contributed by atoms with Crippen LogP contribution in [0.3, 0.4) is 0 Å². The van der Waals surface area contributed by atoms with Crippen LogP contribution in [0, 0.1) is 6.92 Å². The summed E-state index contributed by atoms with van der Waals surface area (Å²) < 4.78 is 11.0. The van der Waals surface area contributed by atoms with Crippen LogP contribution in [0.4, 0.5) is 11.5 Å². The van der Waals surface area contributed by atoms with E-state index in [1.54, 1.807) is 34.9 Å². The van der Waals surface area contributed by atoms with Gasteiger partial charge in [0.25, 0.3) is 5.91 Å². The van der Waals surface area contributed by atoms with Crippen LogP contribution in [-0.2, 0) is 4.74 Å². The molecule has 1 atom stereocenters. The van der Waals surface area contributed by atoms with E-state index in [-0.39, 0.29) is 11.9 Å². The lowest BCUT2D eigenvalue weighted by Crippen LogP contribution is -2.40. The fourth-order valence-electron chi connectivity index (χ4n) is 4.37. The number of aromatic nitrogens is 3. The van der Waals surface area contributed by atoms with Crippen molar-refractivity contribution in [2.75, 3.05) is 44.5 Å². The van der Waals surface area contributed by atoms with Crippen molar-refractivity contribution < 1.29 is 14.3 Å². The number of ether oxygens (including phenoxy) is 2. The van der Waals surface area contributed by atoms with E-state index in [9.17, 15) is 4.79 Å². The Hall–Kier alpha value is -3.76. The summed E-state index contributed by atoms with van der Waals surface area (Å²) in [5.74, 6) is 1.66. The van der Waals surface area contributed by atoms with Gasteiger partial charge >= 0.3 is 0 Å². The Morgan fingerprint density at radius 3 is 2.72 bits per heavy atom. The van der Waals surface area contributed by atoms with Gasteiger partial charge in [0, 0.05) is 30.4 Å². The number of rotatable bonds is 6. The third kappa shape index (κ3) is 4.82. The predicted molar refractivity (Wildman–Crippen MR) is 142 cm³/mol. The number of methoxy groups -OCH3 is 1. The second-order valence-electron chi connectivity index (χ2n) is 8.71. The molecular formula is C26H28N6O3S. The maximum atomic E-state index is 13.2. The van der Waals surface area contributed by atoms with Crippen molar-refractivity contribution in [2.24, 2.45) is 0 Å². The molecule has 186 valence electrons. The fraction of sp³-hybridized carbons (Fsp3) is 0.308. The number of nitrogens with two attached hydrogens (primary N) is 1. The van der Waals surface area contributed by atoms with Crippen molar-refractivity contribution in [3.05, 3.63) is 59.0 Å². The highest BCUT2D eigenvalue weighted by Gasteiger charge is 2.24. The molecule has 0 spiro atoms. The van der Waals surface area contributed by atoms with E-state index >= 15 is 0 Å². The van der Waals surface area contributed by atoms with Gasteiger partial charge in [-0.25, -0.2) is 9.97 Å². The number of anilines is 2. The zero-order valence-corrected chi connectivity index (χ0v) is 21.3. The number of nitrogen functional groups attached to an aromatic ring is 1. The molecule has 4 aromatic rings. The number of amides is 1. The van der Waals surface area contributed by atoms with Gasteiger partial charge in [0.05, 0.1) is 47.8 Å². The number of benzene rings is 2. The molecule has 0 aliphatic carbocycles. The van der Waals surface area contributed by atoms with Crippen LogP contribution in [0.2, 0.25) is 0 Å². The van der Waals surface area contributed by atoms with Gasteiger partial charge in [-0.15, -0.1) is 11.3 Å². The van der Waals surface area contributed by atoms with E-state index in [0.29, 0.717) is 60.5 Å². The number of carbonyl (C=O) groups excluding carboxylic acids is 1. The Morgan fingerprint density at radius 1 is 1.19 bits per heavy atom. The van der Waals surface area contributed by atoms with Gasteiger partial charge in [0.2, 0.25) is 0 Å². The number of carbonyl (C=O) groups is 1. The van der Waals surface area contributed by atoms with Gasteiger partial charge in [-0.2, -0.15) is 0 Å². The summed E-state index contributed by atoms with van der Waals surface area (Å²) in [6.45, 7) is 6.06. The average Bonchev–Trinajstić information content (AvgIpc) is 3.43. The number of nitrogens with one attached hydrogen (secondary N) is 1. The molecule has 1 fully saturated rings. The monoisotopic (exact) mass is 504 g/mol.